The van der Waals surface area contributed by atoms with Crippen molar-refractivity contribution in [2.24, 2.45) is 0 Å². The van der Waals surface area contributed by atoms with Crippen LogP contribution in [0.3, 0.4) is 0 Å². The number of anilines is 4. The van der Waals surface area contributed by atoms with Crippen molar-refractivity contribution < 1.29 is 0 Å². The van der Waals surface area contributed by atoms with Gasteiger partial charge in [-0.3, -0.25) is 0 Å². The minimum atomic E-state index is 0.201. The molecule has 3 aromatic rings. The van der Waals surface area contributed by atoms with Crippen molar-refractivity contribution in [3.63, 3.8) is 0 Å². The first kappa shape index (κ1) is 17.0. The first-order valence-corrected chi connectivity index (χ1v) is 8.87. The molecule has 1 aromatic carbocycles. The fourth-order valence-corrected chi connectivity index (χ4v) is 3.28. The lowest BCUT2D eigenvalue weighted by molar-refractivity contribution is 0.652. The van der Waals surface area contributed by atoms with Gasteiger partial charge in [0, 0.05) is 49.8 Å². The van der Waals surface area contributed by atoms with E-state index in [0.29, 0.717) is 5.82 Å². The summed E-state index contributed by atoms with van der Waals surface area (Å²) in [6, 6.07) is 8.47. The molecule has 0 aliphatic carbocycles. The minimum Gasteiger partial charge on any atom is -0.382 e. The number of nitrogen functional groups attached to an aromatic ring is 2. The fraction of sp³-hybridized carbons (Fsp3) is 0.263. The van der Waals surface area contributed by atoms with Crippen molar-refractivity contribution in [3.05, 3.63) is 48.7 Å². The third kappa shape index (κ3) is 3.59. The molecule has 2 aromatic heterocycles. The number of piperazine rings is 1. The zero-order valence-electron chi connectivity index (χ0n) is 15.2. The Bertz CT molecular complexity index is 933. The second kappa shape index (κ2) is 7.06. The molecule has 0 bridgehead atoms. The Balaban J connectivity index is 1.48. The molecule has 1 saturated heterocycles. The monoisotopic (exact) mass is 362 g/mol. The van der Waals surface area contributed by atoms with Gasteiger partial charge in [-0.05, 0) is 24.6 Å². The Kier molecular flexibility index (Phi) is 4.45. The van der Waals surface area contributed by atoms with Crippen molar-refractivity contribution in [2.45, 2.75) is 6.92 Å². The van der Waals surface area contributed by atoms with Crippen LogP contribution >= 0.6 is 0 Å². The quantitative estimate of drug-likeness (QED) is 0.725. The molecule has 3 heterocycles. The van der Waals surface area contributed by atoms with Gasteiger partial charge in [0.2, 0.25) is 5.95 Å². The SMILES string of the molecule is Cc1ncc(-c2cccc(N3CCN(c4cnc(N)nc4N)CC3)c2)cn1. The summed E-state index contributed by atoms with van der Waals surface area (Å²) in [5.74, 6) is 1.40. The highest BCUT2D eigenvalue weighted by Gasteiger charge is 2.20. The first-order chi connectivity index (χ1) is 13.1. The Morgan fingerprint density at radius 3 is 2.26 bits per heavy atom. The van der Waals surface area contributed by atoms with Crippen molar-refractivity contribution >= 4 is 23.1 Å². The molecule has 0 radical (unpaired) electrons. The van der Waals surface area contributed by atoms with Gasteiger partial charge in [0.15, 0.2) is 5.82 Å². The lowest BCUT2D eigenvalue weighted by Gasteiger charge is -2.37. The standard InChI is InChI=1S/C19H22N8/c1-13-22-10-15(11-23-13)14-3-2-4-16(9-14)26-5-7-27(8-6-26)17-12-24-19(21)25-18(17)20/h2-4,9-12H,5-8H2,1H3,(H4,20,21,24,25). The summed E-state index contributed by atoms with van der Waals surface area (Å²) in [5.41, 5.74) is 15.8. The summed E-state index contributed by atoms with van der Waals surface area (Å²) in [7, 11) is 0. The van der Waals surface area contributed by atoms with Crippen LogP contribution < -0.4 is 21.3 Å². The molecule has 1 aliphatic rings. The van der Waals surface area contributed by atoms with E-state index in [4.69, 9.17) is 11.5 Å². The maximum absolute atomic E-state index is 5.99. The smallest absolute Gasteiger partial charge is 0.222 e. The van der Waals surface area contributed by atoms with Gasteiger partial charge in [-0.2, -0.15) is 4.98 Å². The molecule has 4 rings (SSSR count). The van der Waals surface area contributed by atoms with Crippen LogP contribution in [0.25, 0.3) is 11.1 Å². The van der Waals surface area contributed by atoms with Gasteiger partial charge in [-0.1, -0.05) is 12.1 Å². The van der Waals surface area contributed by atoms with Crippen LogP contribution in [0.15, 0.2) is 42.9 Å². The molecule has 0 atom stereocenters. The summed E-state index contributed by atoms with van der Waals surface area (Å²) in [5, 5.41) is 0. The lowest BCUT2D eigenvalue weighted by atomic mass is 10.1. The number of nitrogens with two attached hydrogens (primary N) is 2. The number of hydrogen-bond acceptors (Lipinski definition) is 8. The average molecular weight is 362 g/mol. The Morgan fingerprint density at radius 2 is 1.56 bits per heavy atom. The predicted octanol–water partition coefficient (Wildman–Crippen LogP) is 1.73. The molecule has 0 unspecified atom stereocenters. The predicted molar refractivity (Wildman–Crippen MR) is 107 cm³/mol. The molecule has 0 amide bonds. The van der Waals surface area contributed by atoms with Gasteiger partial charge in [-0.15, -0.1) is 0 Å². The molecule has 138 valence electrons. The molecular weight excluding hydrogens is 340 g/mol. The van der Waals surface area contributed by atoms with Crippen molar-refractivity contribution in [1.29, 1.82) is 0 Å². The molecule has 1 aliphatic heterocycles. The van der Waals surface area contributed by atoms with Crippen LogP contribution in [0, 0.1) is 6.92 Å². The summed E-state index contributed by atoms with van der Waals surface area (Å²) >= 11 is 0. The molecule has 4 N–H and O–H groups in total. The first-order valence-electron chi connectivity index (χ1n) is 8.87. The van der Waals surface area contributed by atoms with Crippen LogP contribution in [0.4, 0.5) is 23.1 Å². The summed E-state index contributed by atoms with van der Waals surface area (Å²) in [4.78, 5) is 21.3. The van der Waals surface area contributed by atoms with E-state index in [1.165, 1.54) is 5.69 Å². The van der Waals surface area contributed by atoms with E-state index < -0.39 is 0 Å². The number of aryl methyl sites for hydroxylation is 1. The Morgan fingerprint density at radius 1 is 0.852 bits per heavy atom. The fourth-order valence-electron chi connectivity index (χ4n) is 3.28. The maximum atomic E-state index is 5.99. The topological polar surface area (TPSA) is 110 Å². The minimum absolute atomic E-state index is 0.201. The maximum Gasteiger partial charge on any atom is 0.222 e. The van der Waals surface area contributed by atoms with E-state index in [1.54, 1.807) is 6.20 Å². The molecule has 27 heavy (non-hydrogen) atoms. The van der Waals surface area contributed by atoms with Crippen LogP contribution in [-0.2, 0) is 0 Å². The number of nitrogens with zero attached hydrogens (tertiary/aromatic N) is 6. The van der Waals surface area contributed by atoms with Crippen molar-refractivity contribution in [1.82, 2.24) is 19.9 Å². The Labute approximate surface area is 157 Å². The van der Waals surface area contributed by atoms with Crippen molar-refractivity contribution in [2.75, 3.05) is 47.4 Å². The lowest BCUT2D eigenvalue weighted by Crippen LogP contribution is -2.46. The number of rotatable bonds is 3. The second-order valence-electron chi connectivity index (χ2n) is 6.54. The average Bonchev–Trinajstić information content (AvgIpc) is 2.69. The molecule has 8 nitrogen and oxygen atoms in total. The van der Waals surface area contributed by atoms with Gasteiger partial charge in [0.1, 0.15) is 5.82 Å². The molecule has 1 fully saturated rings. The van der Waals surface area contributed by atoms with Crippen LogP contribution in [0.5, 0.6) is 0 Å². The van der Waals surface area contributed by atoms with Gasteiger partial charge in [0.05, 0.1) is 11.9 Å². The normalized spacial score (nSPS) is 14.4. The van der Waals surface area contributed by atoms with Crippen LogP contribution in [0.2, 0.25) is 0 Å². The van der Waals surface area contributed by atoms with E-state index in [0.717, 1.165) is 48.8 Å². The number of benzene rings is 1. The Hall–Kier alpha value is -3.42. The molecule has 0 saturated carbocycles. The van der Waals surface area contributed by atoms with Gasteiger partial charge < -0.3 is 21.3 Å². The van der Waals surface area contributed by atoms with Crippen LogP contribution in [-0.4, -0.2) is 46.1 Å². The van der Waals surface area contributed by atoms with E-state index >= 15 is 0 Å². The van der Waals surface area contributed by atoms with Gasteiger partial charge in [-0.25, -0.2) is 15.0 Å². The highest BCUT2D eigenvalue weighted by Crippen LogP contribution is 2.27. The highest BCUT2D eigenvalue weighted by atomic mass is 15.3. The largest absolute Gasteiger partial charge is 0.382 e. The third-order valence-electron chi connectivity index (χ3n) is 4.76. The number of aromatic nitrogens is 4. The summed E-state index contributed by atoms with van der Waals surface area (Å²) in [6.07, 6.45) is 5.43. The zero-order chi connectivity index (χ0) is 18.8. The summed E-state index contributed by atoms with van der Waals surface area (Å²) in [6.45, 7) is 5.35. The second-order valence-corrected chi connectivity index (χ2v) is 6.54. The van der Waals surface area contributed by atoms with E-state index in [1.807, 2.05) is 19.3 Å². The van der Waals surface area contributed by atoms with E-state index in [9.17, 15) is 0 Å². The van der Waals surface area contributed by atoms with Gasteiger partial charge >= 0.3 is 0 Å². The number of hydrogen-bond donors (Lipinski definition) is 2. The third-order valence-corrected chi connectivity index (χ3v) is 4.76. The summed E-state index contributed by atoms with van der Waals surface area (Å²) < 4.78 is 0. The zero-order valence-corrected chi connectivity index (χ0v) is 15.2. The van der Waals surface area contributed by atoms with E-state index in [2.05, 4.69) is 54.0 Å². The molecule has 8 heteroatoms. The highest BCUT2D eigenvalue weighted by molar-refractivity contribution is 5.68. The van der Waals surface area contributed by atoms with E-state index in [-0.39, 0.29) is 5.95 Å². The van der Waals surface area contributed by atoms with Crippen LogP contribution in [0.1, 0.15) is 5.82 Å². The van der Waals surface area contributed by atoms with Gasteiger partial charge in [0.25, 0.3) is 0 Å². The van der Waals surface area contributed by atoms with Crippen molar-refractivity contribution in [3.8, 4) is 11.1 Å². The molecular formula is C19H22N8. The molecule has 0 spiro atoms.